The van der Waals surface area contributed by atoms with Gasteiger partial charge in [0.05, 0.1) is 17.3 Å². The highest BCUT2D eigenvalue weighted by molar-refractivity contribution is 7.80. The Morgan fingerprint density at radius 1 is 1.14 bits per heavy atom. The molecular formula is C16H17N3O2S. The highest BCUT2D eigenvalue weighted by atomic mass is 32.1. The van der Waals surface area contributed by atoms with Crippen LogP contribution in [-0.2, 0) is 9.59 Å². The maximum absolute atomic E-state index is 12.3. The molecular weight excluding hydrogens is 298 g/mol. The molecule has 1 heterocycles. The maximum Gasteiger partial charge on any atom is 0.323 e. The van der Waals surface area contributed by atoms with E-state index >= 15 is 0 Å². The van der Waals surface area contributed by atoms with Crippen molar-refractivity contribution in [3.8, 4) is 6.07 Å². The molecule has 0 N–H and O–H groups in total. The van der Waals surface area contributed by atoms with E-state index in [0.29, 0.717) is 11.3 Å². The van der Waals surface area contributed by atoms with E-state index in [1.807, 2.05) is 33.8 Å². The molecule has 6 heteroatoms. The van der Waals surface area contributed by atoms with Crippen LogP contribution in [0.1, 0.15) is 33.3 Å². The number of carbonyl (C=O) groups is 2. The molecule has 0 saturated carbocycles. The first kappa shape index (κ1) is 16.1. The minimum atomic E-state index is -0.661. The van der Waals surface area contributed by atoms with E-state index in [4.69, 9.17) is 17.5 Å². The lowest BCUT2D eigenvalue weighted by atomic mass is 9.87. The zero-order valence-electron chi connectivity index (χ0n) is 13.0. The number of amides is 2. The monoisotopic (exact) mass is 315 g/mol. The van der Waals surface area contributed by atoms with Crippen molar-refractivity contribution in [2.45, 2.75) is 33.7 Å². The highest BCUT2D eigenvalue weighted by Gasteiger charge is 2.46. The second-order valence-corrected chi connectivity index (χ2v) is 6.66. The Hall–Kier alpha value is -2.26. The second kappa shape index (κ2) is 5.50. The lowest BCUT2D eigenvalue weighted by Crippen LogP contribution is -2.46. The van der Waals surface area contributed by atoms with Crippen LogP contribution < -0.4 is 4.90 Å². The summed E-state index contributed by atoms with van der Waals surface area (Å²) in [6.07, 6.45) is 0. The summed E-state index contributed by atoms with van der Waals surface area (Å²) in [7, 11) is 0. The summed E-state index contributed by atoms with van der Waals surface area (Å²) < 4.78 is 0. The Morgan fingerprint density at radius 2 is 1.68 bits per heavy atom. The predicted octanol–water partition coefficient (Wildman–Crippen LogP) is 2.45. The summed E-state index contributed by atoms with van der Waals surface area (Å²) in [5.74, 6) is -1.28. The molecule has 1 aliphatic heterocycles. The zero-order valence-corrected chi connectivity index (χ0v) is 13.8. The summed E-state index contributed by atoms with van der Waals surface area (Å²) in [5, 5.41) is 9.01. The molecule has 1 fully saturated rings. The summed E-state index contributed by atoms with van der Waals surface area (Å²) >= 11 is 5.35. The highest BCUT2D eigenvalue weighted by Crippen LogP contribution is 2.30. The van der Waals surface area contributed by atoms with Crippen molar-refractivity contribution in [2.75, 3.05) is 4.90 Å². The fourth-order valence-corrected chi connectivity index (χ4v) is 2.55. The number of carbonyl (C=O) groups excluding carboxylic acids is 2. The van der Waals surface area contributed by atoms with Crippen LogP contribution in [0.4, 0.5) is 5.69 Å². The maximum atomic E-state index is 12.3. The normalized spacial score (nSPS) is 17.0. The van der Waals surface area contributed by atoms with Crippen LogP contribution in [0.3, 0.4) is 0 Å². The van der Waals surface area contributed by atoms with Crippen molar-refractivity contribution in [3.05, 3.63) is 29.8 Å². The molecule has 0 bridgehead atoms. The fraction of sp³-hybridized carbons (Fsp3) is 0.375. The summed E-state index contributed by atoms with van der Waals surface area (Å²) in [6, 6.07) is 8.20. The quantitative estimate of drug-likeness (QED) is 0.621. The van der Waals surface area contributed by atoms with Gasteiger partial charge < -0.3 is 0 Å². The van der Waals surface area contributed by atoms with Crippen LogP contribution in [0.2, 0.25) is 0 Å². The van der Waals surface area contributed by atoms with E-state index in [1.165, 1.54) is 9.80 Å². The Labute approximate surface area is 135 Å². The topological polar surface area (TPSA) is 64.4 Å². The first-order chi connectivity index (χ1) is 10.2. The number of anilines is 1. The van der Waals surface area contributed by atoms with E-state index < -0.39 is 11.8 Å². The molecule has 1 saturated heterocycles. The van der Waals surface area contributed by atoms with Crippen molar-refractivity contribution >= 4 is 34.8 Å². The van der Waals surface area contributed by atoms with Crippen LogP contribution in [0.5, 0.6) is 0 Å². The van der Waals surface area contributed by atoms with Gasteiger partial charge in [0.1, 0.15) is 0 Å². The van der Waals surface area contributed by atoms with Crippen molar-refractivity contribution in [2.24, 2.45) is 5.41 Å². The van der Waals surface area contributed by atoms with Crippen molar-refractivity contribution in [3.63, 3.8) is 0 Å². The Balaban J connectivity index is 2.39. The van der Waals surface area contributed by atoms with Crippen molar-refractivity contribution in [1.29, 1.82) is 5.26 Å². The first-order valence-corrected chi connectivity index (χ1v) is 7.31. The van der Waals surface area contributed by atoms with E-state index in [0.717, 1.165) is 0 Å². The molecule has 1 aromatic rings. The number of hydrogen-bond acceptors (Lipinski definition) is 4. The molecule has 5 nitrogen and oxygen atoms in total. The van der Waals surface area contributed by atoms with Crippen LogP contribution >= 0.6 is 12.2 Å². The lowest BCUT2D eigenvalue weighted by Gasteiger charge is -2.34. The number of nitrogens with zero attached hydrogens (tertiary/aromatic N) is 3. The molecule has 22 heavy (non-hydrogen) atoms. The van der Waals surface area contributed by atoms with Gasteiger partial charge >= 0.3 is 11.8 Å². The number of hydrogen-bond donors (Lipinski definition) is 0. The first-order valence-electron chi connectivity index (χ1n) is 6.90. The summed E-state index contributed by atoms with van der Waals surface area (Å²) in [5.41, 5.74) is 0.763. The third-order valence-electron chi connectivity index (χ3n) is 3.90. The average Bonchev–Trinajstić information content (AvgIpc) is 2.68. The van der Waals surface area contributed by atoms with Gasteiger partial charge in [0.25, 0.3) is 0 Å². The van der Waals surface area contributed by atoms with Gasteiger partial charge in [0.15, 0.2) is 5.11 Å². The van der Waals surface area contributed by atoms with Gasteiger partial charge in [-0.15, -0.1) is 0 Å². The lowest BCUT2D eigenvalue weighted by molar-refractivity contribution is -0.140. The Kier molecular flexibility index (Phi) is 4.03. The molecule has 114 valence electrons. The largest absolute Gasteiger partial charge is 0.323 e. The van der Waals surface area contributed by atoms with Gasteiger partial charge in [-0.1, -0.05) is 20.8 Å². The molecule has 1 atom stereocenters. The van der Waals surface area contributed by atoms with Gasteiger partial charge in [0.2, 0.25) is 0 Å². The third-order valence-corrected chi connectivity index (χ3v) is 4.28. The van der Waals surface area contributed by atoms with Crippen LogP contribution in [0, 0.1) is 16.7 Å². The minimum Gasteiger partial charge on any atom is -0.277 e. The molecule has 0 aromatic heterocycles. The number of nitriles is 1. The van der Waals surface area contributed by atoms with E-state index in [-0.39, 0.29) is 16.6 Å². The van der Waals surface area contributed by atoms with Gasteiger partial charge in [0, 0.05) is 6.04 Å². The molecule has 0 unspecified atom stereocenters. The smallest absolute Gasteiger partial charge is 0.277 e. The zero-order chi connectivity index (χ0) is 16.7. The van der Waals surface area contributed by atoms with E-state index in [2.05, 4.69) is 0 Å². The summed E-state index contributed by atoms with van der Waals surface area (Å²) in [6.45, 7) is 7.84. The SMILES string of the molecule is C[C@@H](N1C(=O)C(=O)N(c2ccc(C#N)cc2)C1=S)C(C)(C)C. The van der Waals surface area contributed by atoms with Crippen LogP contribution in [0.25, 0.3) is 0 Å². The molecule has 0 radical (unpaired) electrons. The summed E-state index contributed by atoms with van der Waals surface area (Å²) in [4.78, 5) is 27.2. The van der Waals surface area contributed by atoms with Crippen LogP contribution in [-0.4, -0.2) is 27.9 Å². The Morgan fingerprint density at radius 3 is 2.14 bits per heavy atom. The van der Waals surface area contributed by atoms with Gasteiger partial charge in [-0.05, 0) is 48.8 Å². The van der Waals surface area contributed by atoms with E-state index in [9.17, 15) is 9.59 Å². The molecule has 1 aromatic carbocycles. The molecule has 2 amide bonds. The minimum absolute atomic E-state index is 0.183. The Bertz CT molecular complexity index is 683. The number of benzene rings is 1. The average molecular weight is 315 g/mol. The van der Waals surface area contributed by atoms with Gasteiger partial charge in [-0.25, -0.2) is 4.90 Å². The molecule has 1 aliphatic rings. The molecule has 0 spiro atoms. The predicted molar refractivity (Wildman–Crippen MR) is 87.0 cm³/mol. The third kappa shape index (κ3) is 2.60. The van der Waals surface area contributed by atoms with Crippen LogP contribution in [0.15, 0.2) is 24.3 Å². The number of rotatable bonds is 2. The molecule has 0 aliphatic carbocycles. The van der Waals surface area contributed by atoms with Crippen molar-refractivity contribution < 1.29 is 9.59 Å². The standard InChI is InChI=1S/C16H17N3O2S/c1-10(16(2,3)4)18-13(20)14(21)19(15(18)22)12-7-5-11(9-17)6-8-12/h5-8,10H,1-4H3/t10-/m1/s1. The molecule has 2 rings (SSSR count). The van der Waals surface area contributed by atoms with E-state index in [1.54, 1.807) is 24.3 Å². The van der Waals surface area contributed by atoms with Crippen molar-refractivity contribution in [1.82, 2.24) is 4.90 Å². The van der Waals surface area contributed by atoms with Gasteiger partial charge in [-0.3, -0.25) is 14.5 Å². The fourth-order valence-electron chi connectivity index (χ4n) is 2.12. The number of thiocarbonyl (C=S) groups is 1. The van der Waals surface area contributed by atoms with Gasteiger partial charge in [-0.2, -0.15) is 5.26 Å². The second-order valence-electron chi connectivity index (χ2n) is 6.30.